The van der Waals surface area contributed by atoms with Crippen LogP contribution in [0, 0.1) is 0 Å². The van der Waals surface area contributed by atoms with Gasteiger partial charge in [0.25, 0.3) is 11.5 Å². The fraction of sp³-hybridized carbons (Fsp3) is 0.190. The van der Waals surface area contributed by atoms with Crippen molar-refractivity contribution in [2.45, 2.75) is 19.4 Å². The number of aromatic hydroxyl groups is 1. The number of para-hydroxylation sites is 2. The first-order valence-corrected chi connectivity index (χ1v) is 8.81. The molecule has 2 heterocycles. The minimum Gasteiger partial charge on any atom is -0.506 e. The molecule has 0 fully saturated rings. The summed E-state index contributed by atoms with van der Waals surface area (Å²) in [5.41, 5.74) is 1.05. The van der Waals surface area contributed by atoms with E-state index in [1.165, 1.54) is 19.2 Å². The molecule has 0 spiro atoms. The summed E-state index contributed by atoms with van der Waals surface area (Å²) in [6.07, 6.45) is 0.655. The maximum Gasteiger partial charge on any atom is 0.339 e. The van der Waals surface area contributed by atoms with E-state index in [1.54, 1.807) is 28.8 Å². The molecule has 4 rings (SSSR count). The van der Waals surface area contributed by atoms with Gasteiger partial charge < -0.3 is 19.7 Å². The van der Waals surface area contributed by atoms with Gasteiger partial charge in [0.15, 0.2) is 0 Å². The lowest BCUT2D eigenvalue weighted by molar-refractivity contribution is 0.0602. The number of pyridine rings is 1. The van der Waals surface area contributed by atoms with Crippen molar-refractivity contribution in [3.8, 4) is 5.75 Å². The molecule has 1 atom stereocenters. The molecule has 1 amide bonds. The summed E-state index contributed by atoms with van der Waals surface area (Å²) in [5, 5.41) is 13.7. The molecule has 0 radical (unpaired) electrons. The molecule has 0 saturated heterocycles. The second-order valence-corrected chi connectivity index (χ2v) is 6.76. The van der Waals surface area contributed by atoms with Crippen molar-refractivity contribution in [2.75, 3.05) is 12.4 Å². The fourth-order valence-corrected chi connectivity index (χ4v) is 3.79. The molecule has 7 heteroatoms. The highest BCUT2D eigenvalue weighted by molar-refractivity contribution is 6.11. The number of nitrogens with one attached hydrogen (secondary N) is 1. The van der Waals surface area contributed by atoms with E-state index in [2.05, 4.69) is 5.32 Å². The Bertz CT molecular complexity index is 1200. The summed E-state index contributed by atoms with van der Waals surface area (Å²) in [6.45, 7) is 1.89. The maximum atomic E-state index is 13.0. The van der Waals surface area contributed by atoms with Gasteiger partial charge in [0.1, 0.15) is 11.3 Å². The minimum atomic E-state index is -0.783. The van der Waals surface area contributed by atoms with Gasteiger partial charge in [0.05, 0.1) is 23.9 Å². The van der Waals surface area contributed by atoms with E-state index >= 15 is 0 Å². The van der Waals surface area contributed by atoms with Crippen molar-refractivity contribution in [1.82, 2.24) is 4.57 Å². The Morgan fingerprint density at radius 3 is 2.68 bits per heavy atom. The number of esters is 1. The van der Waals surface area contributed by atoms with Crippen molar-refractivity contribution in [2.24, 2.45) is 0 Å². The SMILES string of the molecule is COC(=O)c1ccccc1NC(=O)c1c(O)c2cccc3c2n(c1=O)C(C)C3. The molecule has 2 N–H and O–H groups in total. The number of nitrogens with zero attached hydrogens (tertiary/aromatic N) is 1. The molecule has 0 saturated carbocycles. The third-order valence-corrected chi connectivity index (χ3v) is 5.05. The van der Waals surface area contributed by atoms with E-state index in [1.807, 2.05) is 13.0 Å². The zero-order valence-electron chi connectivity index (χ0n) is 15.4. The Hall–Kier alpha value is -3.61. The molecule has 3 aromatic rings. The predicted octanol–water partition coefficient (Wildman–Crippen LogP) is 2.86. The average molecular weight is 378 g/mol. The van der Waals surface area contributed by atoms with Gasteiger partial charge in [-0.05, 0) is 37.1 Å². The van der Waals surface area contributed by atoms with Crippen LogP contribution in [-0.4, -0.2) is 28.7 Å². The summed E-state index contributed by atoms with van der Waals surface area (Å²) >= 11 is 0. The smallest absolute Gasteiger partial charge is 0.339 e. The lowest BCUT2D eigenvalue weighted by atomic mass is 10.1. The van der Waals surface area contributed by atoms with Crippen LogP contribution in [0.3, 0.4) is 0 Å². The number of benzene rings is 2. The number of hydrogen-bond donors (Lipinski definition) is 2. The van der Waals surface area contributed by atoms with Gasteiger partial charge in [0.2, 0.25) is 0 Å². The zero-order valence-corrected chi connectivity index (χ0v) is 15.4. The molecule has 1 unspecified atom stereocenters. The van der Waals surface area contributed by atoms with Crippen LogP contribution in [0.15, 0.2) is 47.3 Å². The second kappa shape index (κ2) is 6.53. The highest BCUT2D eigenvalue weighted by atomic mass is 16.5. The molecule has 0 aliphatic carbocycles. The van der Waals surface area contributed by atoms with Gasteiger partial charge in [-0.25, -0.2) is 4.79 Å². The van der Waals surface area contributed by atoms with Crippen LogP contribution in [0.4, 0.5) is 5.69 Å². The summed E-state index contributed by atoms with van der Waals surface area (Å²) in [7, 11) is 1.24. The van der Waals surface area contributed by atoms with E-state index in [0.717, 1.165) is 5.56 Å². The number of carbonyl (C=O) groups is 2. The molecule has 7 nitrogen and oxygen atoms in total. The second-order valence-electron chi connectivity index (χ2n) is 6.76. The third-order valence-electron chi connectivity index (χ3n) is 5.05. The van der Waals surface area contributed by atoms with E-state index in [4.69, 9.17) is 4.74 Å². The Morgan fingerprint density at radius 2 is 1.93 bits per heavy atom. The van der Waals surface area contributed by atoms with Crippen LogP contribution in [0.25, 0.3) is 10.9 Å². The first-order valence-electron chi connectivity index (χ1n) is 8.81. The molecule has 1 aliphatic heterocycles. The fourth-order valence-electron chi connectivity index (χ4n) is 3.79. The lowest BCUT2D eigenvalue weighted by Crippen LogP contribution is -2.30. The van der Waals surface area contributed by atoms with Gasteiger partial charge in [-0.15, -0.1) is 0 Å². The minimum absolute atomic E-state index is 0.123. The van der Waals surface area contributed by atoms with E-state index < -0.39 is 17.4 Å². The number of carbonyl (C=O) groups excluding carboxylic acids is 2. The monoisotopic (exact) mass is 378 g/mol. The molecular formula is C21H18N2O5. The van der Waals surface area contributed by atoms with Gasteiger partial charge in [0, 0.05) is 11.4 Å². The van der Waals surface area contributed by atoms with Crippen LogP contribution >= 0.6 is 0 Å². The van der Waals surface area contributed by atoms with Crippen molar-refractivity contribution in [3.05, 3.63) is 69.5 Å². The number of hydrogen-bond acceptors (Lipinski definition) is 5. The van der Waals surface area contributed by atoms with Crippen molar-refractivity contribution >= 4 is 28.5 Å². The highest BCUT2D eigenvalue weighted by Gasteiger charge is 2.29. The van der Waals surface area contributed by atoms with E-state index in [9.17, 15) is 19.5 Å². The quantitative estimate of drug-likeness (QED) is 0.683. The van der Waals surface area contributed by atoms with Crippen molar-refractivity contribution in [1.29, 1.82) is 0 Å². The molecule has 28 heavy (non-hydrogen) atoms. The topological polar surface area (TPSA) is 97.6 Å². The Kier molecular flexibility index (Phi) is 4.15. The van der Waals surface area contributed by atoms with Crippen LogP contribution < -0.4 is 10.9 Å². The van der Waals surface area contributed by atoms with Crippen molar-refractivity contribution in [3.63, 3.8) is 0 Å². The summed E-state index contributed by atoms with van der Waals surface area (Å²) < 4.78 is 6.27. The van der Waals surface area contributed by atoms with Crippen LogP contribution in [0.1, 0.15) is 39.2 Å². The Balaban J connectivity index is 1.85. The number of aromatic nitrogens is 1. The molecule has 1 aliphatic rings. The van der Waals surface area contributed by atoms with Gasteiger partial charge in [-0.2, -0.15) is 0 Å². The highest BCUT2D eigenvalue weighted by Crippen LogP contribution is 2.36. The third kappa shape index (κ3) is 2.55. The van der Waals surface area contributed by atoms with E-state index in [0.29, 0.717) is 17.3 Å². The van der Waals surface area contributed by atoms with Crippen LogP contribution in [0.5, 0.6) is 5.75 Å². The maximum absolute atomic E-state index is 13.0. The summed E-state index contributed by atoms with van der Waals surface area (Å²) in [5.74, 6) is -1.76. The average Bonchev–Trinajstić information content (AvgIpc) is 3.03. The predicted molar refractivity (Wildman–Crippen MR) is 104 cm³/mol. The zero-order chi connectivity index (χ0) is 20.0. The first-order chi connectivity index (χ1) is 13.4. The molecule has 142 valence electrons. The first kappa shape index (κ1) is 17.8. The number of amides is 1. The van der Waals surface area contributed by atoms with Crippen LogP contribution in [-0.2, 0) is 11.2 Å². The Morgan fingerprint density at radius 1 is 1.18 bits per heavy atom. The Labute approximate surface area is 160 Å². The molecular weight excluding hydrogens is 360 g/mol. The summed E-state index contributed by atoms with van der Waals surface area (Å²) in [6, 6.07) is 11.6. The number of anilines is 1. The van der Waals surface area contributed by atoms with Crippen molar-refractivity contribution < 1.29 is 19.4 Å². The van der Waals surface area contributed by atoms with Gasteiger partial charge in [-0.3, -0.25) is 9.59 Å². The lowest BCUT2D eigenvalue weighted by Gasteiger charge is -2.15. The molecule has 1 aromatic heterocycles. The molecule has 0 bridgehead atoms. The van der Waals surface area contributed by atoms with Gasteiger partial charge in [-0.1, -0.05) is 24.3 Å². The number of methoxy groups -OCH3 is 1. The standard InChI is InChI=1S/C21H18N2O5/c1-11-10-12-6-5-8-14-17(12)23(11)20(26)16(18(14)24)19(25)22-15-9-4-3-7-13(15)21(27)28-2/h3-9,11,24H,10H2,1-2H3,(H,22,25). The molecule has 2 aromatic carbocycles. The largest absolute Gasteiger partial charge is 0.506 e. The number of rotatable bonds is 3. The normalized spacial score (nSPS) is 14.9. The number of ether oxygens (including phenoxy) is 1. The van der Waals surface area contributed by atoms with E-state index in [-0.39, 0.29) is 28.6 Å². The summed E-state index contributed by atoms with van der Waals surface area (Å²) in [4.78, 5) is 37.9. The van der Waals surface area contributed by atoms with Gasteiger partial charge >= 0.3 is 5.97 Å². The van der Waals surface area contributed by atoms with Crippen LogP contribution in [0.2, 0.25) is 0 Å².